The number of fused-ring (bicyclic) bond motifs is 1. The van der Waals surface area contributed by atoms with Crippen LogP contribution in [0.3, 0.4) is 0 Å². The predicted octanol–water partition coefficient (Wildman–Crippen LogP) is 2.98. The van der Waals surface area contributed by atoms with Crippen molar-refractivity contribution in [1.82, 2.24) is 4.57 Å². The maximum Gasteiger partial charge on any atom is 0.326 e. The number of primary amides is 1. The van der Waals surface area contributed by atoms with E-state index in [1.54, 1.807) is 17.5 Å². The number of aromatic hydroxyl groups is 1. The fraction of sp³-hybridized carbons (Fsp3) is 0. The zero-order valence-electron chi connectivity index (χ0n) is 11.8. The molecule has 0 aliphatic carbocycles. The molecule has 0 saturated carbocycles. The van der Waals surface area contributed by atoms with E-state index in [1.807, 2.05) is 0 Å². The number of amides is 1. The van der Waals surface area contributed by atoms with Crippen molar-refractivity contribution < 1.29 is 19.1 Å². The number of hydrogen-bond donors (Lipinski definition) is 2. The number of thiophene rings is 1. The molecule has 3 aromatic rings. The van der Waals surface area contributed by atoms with Crippen molar-refractivity contribution in [2.45, 2.75) is 0 Å². The van der Waals surface area contributed by atoms with Crippen molar-refractivity contribution >= 4 is 75.2 Å². The quantitative estimate of drug-likeness (QED) is 0.543. The van der Waals surface area contributed by atoms with Crippen molar-refractivity contribution in [3.63, 3.8) is 0 Å². The van der Waals surface area contributed by atoms with Crippen LogP contribution in [0.2, 0.25) is 5.02 Å². The van der Waals surface area contributed by atoms with Crippen LogP contribution in [0.1, 0.15) is 15.2 Å². The number of carbonyl (C=O) groups is 2. The van der Waals surface area contributed by atoms with Crippen LogP contribution in [0.4, 0.5) is 9.18 Å². The Labute approximate surface area is 160 Å². The maximum absolute atomic E-state index is 13.7. The molecule has 0 bridgehead atoms. The molecule has 23 heavy (non-hydrogen) atoms. The molecule has 0 atom stereocenters. The topological polar surface area (TPSA) is 85.3 Å². The Morgan fingerprint density at radius 2 is 2.04 bits per heavy atom. The molecule has 1 aromatic carbocycles. The first-order chi connectivity index (χ1) is 10.4. The molecular weight excluding hydrogens is 354 g/mol. The smallest absolute Gasteiger partial charge is 0.326 e. The van der Waals surface area contributed by atoms with Crippen molar-refractivity contribution in [2.75, 3.05) is 0 Å². The third-order valence-electron chi connectivity index (χ3n) is 3.18. The summed E-state index contributed by atoms with van der Waals surface area (Å²) in [6, 6.07) is 4.36. The summed E-state index contributed by atoms with van der Waals surface area (Å²) in [6.07, 6.45) is 0. The van der Waals surface area contributed by atoms with Gasteiger partial charge in [0.1, 0.15) is 5.82 Å². The van der Waals surface area contributed by atoms with Crippen molar-refractivity contribution in [1.29, 1.82) is 0 Å². The zero-order chi connectivity index (χ0) is 16.0. The van der Waals surface area contributed by atoms with Gasteiger partial charge >= 0.3 is 6.03 Å². The Bertz CT molecular complexity index is 924. The standard InChI is InChI=1S/C14H8ClFN2O3S.Na/c15-7-5-9-6(4-8(7)16)11(13(20)18(9)14(17)21)12(19)10-2-1-3-22-10;/h1-5,20H,(H2,17,21);. The minimum atomic E-state index is -1.00. The van der Waals surface area contributed by atoms with E-state index in [9.17, 15) is 19.1 Å². The molecule has 1 amide bonds. The molecule has 2 aromatic heterocycles. The van der Waals surface area contributed by atoms with Crippen LogP contribution in [-0.2, 0) is 0 Å². The average Bonchev–Trinajstić information content (AvgIpc) is 3.05. The Kier molecular flexibility index (Phi) is 5.17. The van der Waals surface area contributed by atoms with E-state index >= 15 is 0 Å². The van der Waals surface area contributed by atoms with Crippen LogP contribution in [0.25, 0.3) is 10.9 Å². The Balaban J connectivity index is 0.00000192. The average molecular weight is 362 g/mol. The molecule has 5 nitrogen and oxygen atoms in total. The Hall–Kier alpha value is -1.38. The van der Waals surface area contributed by atoms with Gasteiger partial charge < -0.3 is 10.8 Å². The van der Waals surface area contributed by atoms with Gasteiger partial charge in [0.25, 0.3) is 0 Å². The molecule has 3 rings (SSSR count). The predicted molar refractivity (Wildman–Crippen MR) is 87.1 cm³/mol. The molecule has 0 unspecified atom stereocenters. The summed E-state index contributed by atoms with van der Waals surface area (Å²) in [4.78, 5) is 24.4. The summed E-state index contributed by atoms with van der Waals surface area (Å²) in [7, 11) is 0. The molecule has 2 heterocycles. The summed E-state index contributed by atoms with van der Waals surface area (Å²) in [5.74, 6) is -1.93. The molecule has 0 spiro atoms. The number of halogens is 2. The van der Waals surface area contributed by atoms with Crippen molar-refractivity contribution in [3.05, 3.63) is 50.9 Å². The Morgan fingerprint density at radius 1 is 1.35 bits per heavy atom. The molecule has 0 aliphatic heterocycles. The van der Waals surface area contributed by atoms with E-state index in [0.29, 0.717) is 4.88 Å². The third kappa shape index (κ3) is 2.90. The van der Waals surface area contributed by atoms with Crippen LogP contribution in [0.15, 0.2) is 29.6 Å². The van der Waals surface area contributed by atoms with E-state index in [1.165, 1.54) is 0 Å². The minimum absolute atomic E-state index is 0. The normalized spacial score (nSPS) is 10.5. The van der Waals surface area contributed by atoms with E-state index < -0.39 is 23.5 Å². The minimum Gasteiger partial charge on any atom is -0.494 e. The second kappa shape index (κ2) is 6.62. The first kappa shape index (κ1) is 18.0. The summed E-state index contributed by atoms with van der Waals surface area (Å²) in [5.41, 5.74) is 5.10. The zero-order valence-corrected chi connectivity index (χ0v) is 15.4. The van der Waals surface area contributed by atoms with Gasteiger partial charge in [0.05, 0.1) is 21.0 Å². The molecule has 3 N–H and O–H groups in total. The molecule has 113 valence electrons. The first-order valence-electron chi connectivity index (χ1n) is 6.02. The van der Waals surface area contributed by atoms with Crippen LogP contribution in [-0.4, -0.2) is 51.0 Å². The van der Waals surface area contributed by atoms with Gasteiger partial charge in [-0.25, -0.2) is 13.8 Å². The van der Waals surface area contributed by atoms with Gasteiger partial charge in [-0.15, -0.1) is 11.3 Å². The number of benzene rings is 1. The fourth-order valence-electron chi connectivity index (χ4n) is 2.25. The molecular formula is C14H8ClFN2NaO3S. The Morgan fingerprint density at radius 3 is 2.61 bits per heavy atom. The van der Waals surface area contributed by atoms with E-state index in [4.69, 9.17) is 17.3 Å². The largest absolute Gasteiger partial charge is 0.494 e. The first-order valence-corrected chi connectivity index (χ1v) is 7.28. The van der Waals surface area contributed by atoms with Gasteiger partial charge in [-0.3, -0.25) is 4.79 Å². The van der Waals surface area contributed by atoms with Crippen molar-refractivity contribution in [3.8, 4) is 5.88 Å². The second-order valence-corrected chi connectivity index (χ2v) is 5.82. The number of nitrogens with two attached hydrogens (primary N) is 1. The second-order valence-electron chi connectivity index (χ2n) is 4.46. The van der Waals surface area contributed by atoms with Gasteiger partial charge in [-0.1, -0.05) is 17.7 Å². The van der Waals surface area contributed by atoms with E-state index in [2.05, 4.69) is 0 Å². The van der Waals surface area contributed by atoms with Crippen LogP contribution in [0.5, 0.6) is 5.88 Å². The number of hydrogen-bond acceptors (Lipinski definition) is 4. The van der Waals surface area contributed by atoms with Crippen LogP contribution >= 0.6 is 22.9 Å². The molecule has 0 saturated heterocycles. The number of ketones is 1. The van der Waals surface area contributed by atoms with Crippen LogP contribution < -0.4 is 5.73 Å². The summed E-state index contributed by atoms with van der Waals surface area (Å²) in [6.45, 7) is 0. The third-order valence-corrected chi connectivity index (χ3v) is 4.33. The van der Waals surface area contributed by atoms with Crippen molar-refractivity contribution in [2.24, 2.45) is 5.73 Å². The van der Waals surface area contributed by atoms with Gasteiger partial charge in [0.15, 0.2) is 0 Å². The van der Waals surface area contributed by atoms with Gasteiger partial charge in [0.2, 0.25) is 11.7 Å². The summed E-state index contributed by atoms with van der Waals surface area (Å²) >= 11 is 6.86. The number of carbonyl (C=O) groups excluding carboxylic acids is 2. The monoisotopic (exact) mass is 361 g/mol. The number of aromatic nitrogens is 1. The van der Waals surface area contributed by atoms with Gasteiger partial charge in [0, 0.05) is 34.9 Å². The van der Waals surface area contributed by atoms with Crippen LogP contribution in [0, 0.1) is 5.82 Å². The summed E-state index contributed by atoms with van der Waals surface area (Å²) in [5, 5.41) is 11.7. The molecule has 0 aliphatic rings. The molecule has 1 radical (unpaired) electrons. The summed E-state index contributed by atoms with van der Waals surface area (Å²) < 4.78 is 14.5. The molecule has 0 fully saturated rings. The van der Waals surface area contributed by atoms with Gasteiger partial charge in [-0.2, -0.15) is 0 Å². The maximum atomic E-state index is 13.7. The number of rotatable bonds is 2. The van der Waals surface area contributed by atoms with E-state index in [-0.39, 0.29) is 51.0 Å². The molecule has 9 heteroatoms. The fourth-order valence-corrected chi connectivity index (χ4v) is 3.07. The van der Waals surface area contributed by atoms with E-state index in [0.717, 1.165) is 28.0 Å². The van der Waals surface area contributed by atoms with Gasteiger partial charge in [-0.05, 0) is 23.6 Å². The SMILES string of the molecule is NC(=O)n1c(O)c(C(=O)c2cccs2)c2cc(F)c(Cl)cc21.[Na]. The number of nitrogens with zero attached hydrogens (tertiary/aromatic N) is 1.